The van der Waals surface area contributed by atoms with Gasteiger partial charge in [-0.05, 0) is 147 Å². The molecule has 0 saturated heterocycles. The molecule has 0 aliphatic carbocycles. The fraction of sp³-hybridized carbons (Fsp3) is 0.238. The van der Waals surface area contributed by atoms with E-state index in [0.717, 1.165) is 41.3 Å². The number of ether oxygens (including phenoxy) is 4. The van der Waals surface area contributed by atoms with Crippen molar-refractivity contribution in [2.45, 2.75) is 78.1 Å². The van der Waals surface area contributed by atoms with Crippen molar-refractivity contribution in [2.75, 3.05) is 51.1 Å². The topological polar surface area (TPSA) is 363 Å². The summed E-state index contributed by atoms with van der Waals surface area (Å²) in [4.78, 5) is 87.7. The van der Waals surface area contributed by atoms with Crippen LogP contribution >= 0.6 is 0 Å². The van der Waals surface area contributed by atoms with E-state index in [2.05, 4.69) is 59.7 Å². The Kier molecular flexibility index (Phi) is 17.9. The number of amides is 4. The number of hydrogen-bond donors (Lipinski definition) is 4. The van der Waals surface area contributed by atoms with Crippen LogP contribution in [-0.2, 0) is 54.3 Å². The molecule has 0 saturated carbocycles. The Bertz CT molecular complexity index is 7090. The first-order valence-corrected chi connectivity index (χ1v) is 35.5. The molecule has 0 fully saturated rings. The Balaban J connectivity index is 0.000000153. The van der Waals surface area contributed by atoms with E-state index in [1.807, 2.05) is 0 Å². The molecule has 8 aromatic heterocycles. The molecule has 4 aromatic carbocycles. The van der Waals surface area contributed by atoms with Crippen molar-refractivity contribution in [1.82, 2.24) is 78.7 Å². The molecule has 8 bridgehead atoms. The van der Waals surface area contributed by atoms with Gasteiger partial charge < -0.3 is 80.9 Å². The van der Waals surface area contributed by atoms with Gasteiger partial charge >= 0.3 is 0 Å². The van der Waals surface area contributed by atoms with Crippen LogP contribution in [0.25, 0.3) is 63.9 Å². The maximum atomic E-state index is 14.4. The maximum absolute atomic E-state index is 14.4. The predicted octanol–water partition coefficient (Wildman–Crippen LogP) is 13.9. The summed E-state index contributed by atoms with van der Waals surface area (Å²) >= 11 is 0. The van der Waals surface area contributed by atoms with Gasteiger partial charge in [0.25, 0.3) is 46.9 Å². The Morgan fingerprint density at radius 3 is 1.11 bits per heavy atom. The molecule has 120 heavy (non-hydrogen) atoms. The number of carbonyl (C=O) groups excluding carboxylic acids is 4. The minimum atomic E-state index is -3.33. The van der Waals surface area contributed by atoms with Crippen molar-refractivity contribution < 1.29 is 76.2 Å². The first-order chi connectivity index (χ1) is 63.1. The number of pyridine rings is 4. The summed E-state index contributed by atoms with van der Waals surface area (Å²) < 4.78 is 209. The summed E-state index contributed by atoms with van der Waals surface area (Å²) in [6, 6.07) is 16.5. The summed E-state index contributed by atoms with van der Waals surface area (Å²) in [6.45, 7) is 20.8. The van der Waals surface area contributed by atoms with E-state index in [0.29, 0.717) is 39.0 Å². The molecular formula is C84H76F4N24O8. The van der Waals surface area contributed by atoms with Crippen LogP contribution in [0.4, 0.5) is 64.1 Å². The molecule has 12 heterocycles. The molecule has 0 unspecified atom stereocenters. The van der Waals surface area contributed by atoms with Gasteiger partial charge in [-0.25, -0.2) is 56.2 Å². The lowest BCUT2D eigenvalue weighted by Crippen LogP contribution is -2.28. The summed E-state index contributed by atoms with van der Waals surface area (Å²) in [6.07, 6.45) is -4.02. The summed E-state index contributed by atoms with van der Waals surface area (Å²) in [5.41, 5.74) is 24.8. The van der Waals surface area contributed by atoms with Gasteiger partial charge in [-0.3, -0.25) is 19.2 Å². The number of nitrogens with two attached hydrogens (primary N) is 4. The van der Waals surface area contributed by atoms with Gasteiger partial charge in [0.1, 0.15) is 70.4 Å². The molecule has 4 aliphatic rings. The number of nitrogens with zero attached hydrogens (tertiary/aromatic N) is 20. The van der Waals surface area contributed by atoms with Crippen LogP contribution in [0.15, 0.2) is 122 Å². The third-order valence-electron chi connectivity index (χ3n) is 19.1. The number of fused-ring (bicyclic) bond motifs is 20. The number of anilines is 4. The van der Waals surface area contributed by atoms with Crippen LogP contribution in [0.1, 0.15) is 159 Å². The number of rotatable bonds is 0. The number of halogens is 4. The number of carbonyl (C=O) groups is 4. The van der Waals surface area contributed by atoms with Crippen LogP contribution in [-0.4, -0.2) is 130 Å². The highest BCUT2D eigenvalue weighted by molar-refractivity contribution is 5.99. The standard InChI is InChI=1S/4C21H19FN6O2/c4*1-11-15-8-13(22)5-6-14(15)21(29)27(3)10-16-18(20(24-2)28(4)26-16)12-7-17(30-11)19(23)25-9-12/h4*5-9,11H,10H2,1,3-4H3,(H2,23,25)/t4*11-/m1100/s1/i1D3,3D3,11D;1D3,11D;7D,9D;10D2. The van der Waals surface area contributed by atoms with Gasteiger partial charge in [-0.2, -0.15) is 0 Å². The molecule has 12 aromatic rings. The van der Waals surface area contributed by atoms with Gasteiger partial charge in [0, 0.05) is 132 Å². The zero-order valence-corrected chi connectivity index (χ0v) is 64.7. The van der Waals surface area contributed by atoms with E-state index >= 15 is 0 Å². The normalized spacial score (nSPS) is 19.7. The number of nitrogen functional groups attached to an aromatic ring is 4. The summed E-state index contributed by atoms with van der Waals surface area (Å²) in [7, 11) is 10.4. The fourth-order valence-electron chi connectivity index (χ4n) is 13.4. The van der Waals surface area contributed by atoms with Crippen LogP contribution in [0.2, 0.25) is 0 Å². The second-order valence-electron chi connectivity index (χ2n) is 27.1. The quantitative estimate of drug-likeness (QED) is 0.0809. The van der Waals surface area contributed by atoms with Gasteiger partial charge in [-0.15, -0.1) is 20.4 Å². The highest BCUT2D eigenvalue weighted by Crippen LogP contribution is 2.45. The van der Waals surface area contributed by atoms with Gasteiger partial charge in [0.15, 0.2) is 46.3 Å². The van der Waals surface area contributed by atoms with Crippen molar-refractivity contribution in [3.8, 4) is 67.5 Å². The van der Waals surface area contributed by atoms with Crippen LogP contribution in [0.5, 0.6) is 23.0 Å². The van der Waals surface area contributed by atoms with Crippen LogP contribution in [0, 0.1) is 49.6 Å². The molecule has 4 amide bonds. The Labute approximate surface area is 705 Å². The summed E-state index contributed by atoms with van der Waals surface area (Å²) in [5.74, 6) is -6.98. The van der Waals surface area contributed by atoms with Crippen molar-refractivity contribution in [2.24, 2.45) is 28.2 Å². The molecule has 16 rings (SSSR count). The monoisotopic (exact) mass is 1640 g/mol. The zero-order chi connectivity index (χ0) is 99.2. The number of benzene rings is 4. The molecule has 608 valence electrons. The van der Waals surface area contributed by atoms with Crippen molar-refractivity contribution in [3.05, 3.63) is 258 Å². The van der Waals surface area contributed by atoms with E-state index in [1.54, 1.807) is 35.0 Å². The molecule has 36 heteroatoms. The lowest BCUT2D eigenvalue weighted by Gasteiger charge is -2.23. The molecule has 4 atom stereocenters. The second-order valence-corrected chi connectivity index (χ2v) is 27.1. The lowest BCUT2D eigenvalue weighted by molar-refractivity contribution is 0.0771. The first-order valence-electron chi connectivity index (χ1n) is 43.0. The molecular weight excluding hydrogens is 1550 g/mol. The molecule has 0 spiro atoms. The van der Waals surface area contributed by atoms with Crippen LogP contribution < -0.4 is 41.9 Å². The van der Waals surface area contributed by atoms with Crippen molar-refractivity contribution in [3.63, 3.8) is 0 Å². The Morgan fingerprint density at radius 1 is 0.425 bits per heavy atom. The minimum absolute atomic E-state index is 0.0117. The average molecular weight is 1640 g/mol. The number of hydrogen-bond acceptors (Lipinski definition) is 20. The van der Waals surface area contributed by atoms with Gasteiger partial charge in [-0.1, -0.05) is 26.3 Å². The number of aromatic nitrogens is 12. The molecule has 32 nitrogen and oxygen atoms in total. The smallest absolute Gasteiger partial charge is 0.260 e. The molecule has 4 aliphatic heterocycles. The highest BCUT2D eigenvalue weighted by atomic mass is 19.1. The number of aryl methyl sites for hydroxylation is 4. The first kappa shape index (κ1) is 64.5. The van der Waals surface area contributed by atoms with Gasteiger partial charge in [0.05, 0.1) is 62.5 Å². The third kappa shape index (κ3) is 16.0. The van der Waals surface area contributed by atoms with Gasteiger partial charge in [0.2, 0.25) is 0 Å². The third-order valence-corrected chi connectivity index (χ3v) is 19.1. The van der Waals surface area contributed by atoms with E-state index in [4.69, 9.17) is 88.7 Å². The zero-order valence-electron chi connectivity index (χ0n) is 79.7. The molecule has 8 N–H and O–H groups in total. The Hall–Kier alpha value is -15.7. The predicted molar refractivity (Wildman–Crippen MR) is 433 cm³/mol. The van der Waals surface area contributed by atoms with Crippen molar-refractivity contribution >= 4 is 70.2 Å². The fourth-order valence-corrected chi connectivity index (χ4v) is 13.4. The van der Waals surface area contributed by atoms with Crippen molar-refractivity contribution in [1.29, 1.82) is 0 Å². The van der Waals surface area contributed by atoms with Crippen LogP contribution in [0.3, 0.4) is 0 Å². The average Bonchev–Trinajstić information content (AvgIpc) is 1.59. The van der Waals surface area contributed by atoms with E-state index in [1.165, 1.54) is 124 Å². The largest absolute Gasteiger partial charge is 0.482 e. The van der Waals surface area contributed by atoms with E-state index in [-0.39, 0.29) is 162 Å². The summed E-state index contributed by atoms with van der Waals surface area (Å²) in [5, 5.41) is 17.2. The SMILES string of the molecule is [2H]C([2H])([2H])N1Cc2nn(C)c([N+]#[C-])c2-c2cnc(N)c(c2)O[C@]([2H])(C([2H])([2H])[2H])c2cc(F)ccc2C1=O.[2H]C([2H])([2H])[C@@]1([2H])Oc2cc(cnc2N)-c2c(nn(C)c2[N+]#[C-])CN(C)C(=O)c2ccc(F)cc21.[2H]C1([2H])c2nn(C)c([N+]#[C-])c2-c2cnc(N)c(c2)O[C@@H](C)c2cc(F)ccc2C(=O)N1C.[2H]c1nc(N)c2c([2H])c1-c1c(nn(C)c1[N+]#[C-])CN(C)C(=O)c1ccc(F)cc1[C@H](C)O2. The van der Waals surface area contributed by atoms with E-state index < -0.39 is 122 Å². The van der Waals surface area contributed by atoms with E-state index in [9.17, 15) is 36.7 Å². The lowest BCUT2D eigenvalue weighted by atomic mass is 10.0. The minimum Gasteiger partial charge on any atom is -0.482 e. The Morgan fingerprint density at radius 2 is 0.733 bits per heavy atom. The highest BCUT2D eigenvalue weighted by Gasteiger charge is 2.34. The maximum Gasteiger partial charge on any atom is 0.260 e. The molecule has 0 radical (unpaired) electrons. The second kappa shape index (κ2) is 33.2.